The molecule has 2 aromatic carbocycles. The van der Waals surface area contributed by atoms with E-state index in [4.69, 9.17) is 5.14 Å². The highest BCUT2D eigenvalue weighted by Crippen LogP contribution is 2.27. The fraction of sp³-hybridized carbons (Fsp3) is 0.188. The SMILES string of the molecule is NS(=O)(=O)c1ccc(CNC(=O)N2CCc3ccccc32)cc1. The minimum Gasteiger partial charge on any atom is -0.334 e. The van der Waals surface area contributed by atoms with E-state index in [1.54, 1.807) is 17.0 Å². The van der Waals surface area contributed by atoms with Crippen LogP contribution in [0.4, 0.5) is 10.5 Å². The zero-order valence-corrected chi connectivity index (χ0v) is 13.2. The van der Waals surface area contributed by atoms with Crippen molar-refractivity contribution in [3.8, 4) is 0 Å². The Hall–Kier alpha value is -2.38. The first-order valence-electron chi connectivity index (χ1n) is 7.20. The number of benzene rings is 2. The van der Waals surface area contributed by atoms with E-state index in [0.29, 0.717) is 13.1 Å². The number of hydrogen-bond acceptors (Lipinski definition) is 3. The average molecular weight is 331 g/mol. The standard InChI is InChI=1S/C16H17N3O3S/c17-23(21,22)14-7-5-12(6-8-14)11-18-16(20)19-10-9-13-3-1-2-4-15(13)19/h1-8H,9-11H2,(H,18,20)(H2,17,21,22). The van der Waals surface area contributed by atoms with Crippen molar-refractivity contribution >= 4 is 21.7 Å². The average Bonchev–Trinajstić information content (AvgIpc) is 2.96. The van der Waals surface area contributed by atoms with E-state index in [2.05, 4.69) is 5.32 Å². The van der Waals surface area contributed by atoms with Gasteiger partial charge in [0.05, 0.1) is 4.90 Å². The molecule has 0 fully saturated rings. The van der Waals surface area contributed by atoms with Crippen molar-refractivity contribution < 1.29 is 13.2 Å². The van der Waals surface area contributed by atoms with Crippen molar-refractivity contribution in [2.45, 2.75) is 17.9 Å². The Kier molecular flexibility index (Phi) is 4.06. The molecule has 0 spiro atoms. The summed E-state index contributed by atoms with van der Waals surface area (Å²) in [5, 5.41) is 7.90. The molecule has 6 nitrogen and oxygen atoms in total. The Labute approximate surface area is 135 Å². The van der Waals surface area contributed by atoms with Crippen LogP contribution < -0.4 is 15.4 Å². The van der Waals surface area contributed by atoms with Crippen LogP contribution >= 0.6 is 0 Å². The minimum atomic E-state index is -3.69. The molecule has 1 aliphatic rings. The highest BCUT2D eigenvalue weighted by Gasteiger charge is 2.23. The molecule has 2 aromatic rings. The second kappa shape index (κ2) is 6.02. The fourth-order valence-corrected chi connectivity index (χ4v) is 3.13. The van der Waals surface area contributed by atoms with Crippen molar-refractivity contribution in [1.82, 2.24) is 5.32 Å². The molecule has 0 atom stereocenters. The van der Waals surface area contributed by atoms with Crippen LogP contribution in [0.1, 0.15) is 11.1 Å². The number of anilines is 1. The van der Waals surface area contributed by atoms with Gasteiger partial charge < -0.3 is 5.32 Å². The van der Waals surface area contributed by atoms with Gasteiger partial charge in [0, 0.05) is 18.8 Å². The number of primary sulfonamides is 1. The van der Waals surface area contributed by atoms with Crippen molar-refractivity contribution in [2.24, 2.45) is 5.14 Å². The lowest BCUT2D eigenvalue weighted by Gasteiger charge is -2.18. The van der Waals surface area contributed by atoms with Crippen molar-refractivity contribution in [1.29, 1.82) is 0 Å². The van der Waals surface area contributed by atoms with E-state index >= 15 is 0 Å². The molecule has 1 aliphatic heterocycles. The van der Waals surface area contributed by atoms with Gasteiger partial charge in [0.1, 0.15) is 0 Å². The predicted octanol–water partition coefficient (Wildman–Crippen LogP) is 1.61. The number of rotatable bonds is 3. The molecule has 0 saturated carbocycles. The Morgan fingerprint density at radius 3 is 2.52 bits per heavy atom. The number of nitrogens with one attached hydrogen (secondary N) is 1. The lowest BCUT2D eigenvalue weighted by Crippen LogP contribution is -2.38. The molecule has 23 heavy (non-hydrogen) atoms. The van der Waals surface area contributed by atoms with Gasteiger partial charge >= 0.3 is 6.03 Å². The van der Waals surface area contributed by atoms with E-state index in [1.807, 2.05) is 24.3 Å². The van der Waals surface area contributed by atoms with Gasteiger partial charge in [0.25, 0.3) is 0 Å². The molecule has 0 aliphatic carbocycles. The van der Waals surface area contributed by atoms with Crippen LogP contribution in [0.25, 0.3) is 0 Å². The number of nitrogens with zero attached hydrogens (tertiary/aromatic N) is 1. The first kappa shape index (κ1) is 15.5. The van der Waals surface area contributed by atoms with Crippen LogP contribution in [0, 0.1) is 0 Å². The molecule has 2 amide bonds. The van der Waals surface area contributed by atoms with Crippen LogP contribution in [-0.2, 0) is 23.0 Å². The van der Waals surface area contributed by atoms with Crippen LogP contribution in [-0.4, -0.2) is 21.0 Å². The van der Waals surface area contributed by atoms with Gasteiger partial charge in [-0.15, -0.1) is 0 Å². The summed E-state index contributed by atoms with van der Waals surface area (Å²) < 4.78 is 22.4. The molecule has 0 bridgehead atoms. The third-order valence-electron chi connectivity index (χ3n) is 3.83. The molecule has 0 radical (unpaired) electrons. The molecular weight excluding hydrogens is 314 g/mol. The van der Waals surface area contributed by atoms with Crippen LogP contribution in [0.15, 0.2) is 53.4 Å². The second-order valence-corrected chi connectivity index (χ2v) is 6.94. The zero-order chi connectivity index (χ0) is 16.4. The zero-order valence-electron chi connectivity index (χ0n) is 12.4. The third kappa shape index (κ3) is 3.35. The lowest BCUT2D eigenvalue weighted by molar-refractivity contribution is 0.246. The maximum Gasteiger partial charge on any atom is 0.322 e. The number of carbonyl (C=O) groups is 1. The van der Waals surface area contributed by atoms with Crippen LogP contribution in [0.2, 0.25) is 0 Å². The lowest BCUT2D eigenvalue weighted by atomic mass is 10.2. The Bertz CT molecular complexity index is 832. The first-order valence-corrected chi connectivity index (χ1v) is 8.75. The molecule has 0 saturated heterocycles. The van der Waals surface area contributed by atoms with Crippen LogP contribution in [0.5, 0.6) is 0 Å². The predicted molar refractivity (Wildman–Crippen MR) is 87.5 cm³/mol. The van der Waals surface area contributed by atoms with Gasteiger partial charge in [-0.3, -0.25) is 4.90 Å². The summed E-state index contributed by atoms with van der Waals surface area (Å²) in [5.41, 5.74) is 2.91. The smallest absolute Gasteiger partial charge is 0.322 e. The van der Waals surface area contributed by atoms with Crippen molar-refractivity contribution in [3.63, 3.8) is 0 Å². The number of para-hydroxylation sites is 1. The van der Waals surface area contributed by atoms with Crippen molar-refractivity contribution in [3.05, 3.63) is 59.7 Å². The fourth-order valence-electron chi connectivity index (χ4n) is 2.62. The molecule has 1 heterocycles. The Balaban J connectivity index is 1.64. The van der Waals surface area contributed by atoms with E-state index in [1.165, 1.54) is 17.7 Å². The number of urea groups is 1. The topological polar surface area (TPSA) is 92.5 Å². The summed E-state index contributed by atoms with van der Waals surface area (Å²) in [5.74, 6) is 0. The number of sulfonamides is 1. The first-order chi connectivity index (χ1) is 10.9. The van der Waals surface area contributed by atoms with Gasteiger partial charge in [-0.05, 0) is 35.7 Å². The number of fused-ring (bicyclic) bond motifs is 1. The molecule has 3 rings (SSSR count). The number of amides is 2. The highest BCUT2D eigenvalue weighted by molar-refractivity contribution is 7.89. The molecule has 0 unspecified atom stereocenters. The number of carbonyl (C=O) groups excluding carboxylic acids is 1. The van der Waals surface area contributed by atoms with E-state index in [9.17, 15) is 13.2 Å². The normalized spacial score (nSPS) is 13.7. The third-order valence-corrected chi connectivity index (χ3v) is 4.76. The Morgan fingerprint density at radius 2 is 1.83 bits per heavy atom. The molecule has 7 heteroatoms. The monoisotopic (exact) mass is 331 g/mol. The van der Waals surface area contributed by atoms with Gasteiger partial charge in [-0.2, -0.15) is 0 Å². The molecule has 0 aromatic heterocycles. The molecular formula is C16H17N3O3S. The van der Waals surface area contributed by atoms with Gasteiger partial charge in [0.15, 0.2) is 0 Å². The number of hydrogen-bond donors (Lipinski definition) is 2. The van der Waals surface area contributed by atoms with E-state index in [-0.39, 0.29) is 10.9 Å². The largest absolute Gasteiger partial charge is 0.334 e. The van der Waals surface area contributed by atoms with Gasteiger partial charge in [0.2, 0.25) is 10.0 Å². The van der Waals surface area contributed by atoms with Crippen LogP contribution in [0.3, 0.4) is 0 Å². The second-order valence-electron chi connectivity index (χ2n) is 5.38. The summed E-state index contributed by atoms with van der Waals surface area (Å²) in [7, 11) is -3.69. The minimum absolute atomic E-state index is 0.0565. The van der Waals surface area contributed by atoms with E-state index < -0.39 is 10.0 Å². The summed E-state index contributed by atoms with van der Waals surface area (Å²) in [6, 6.07) is 13.8. The Morgan fingerprint density at radius 1 is 1.13 bits per heavy atom. The summed E-state index contributed by atoms with van der Waals surface area (Å²) in [6.07, 6.45) is 0.854. The summed E-state index contributed by atoms with van der Waals surface area (Å²) in [6.45, 7) is 0.984. The molecule has 120 valence electrons. The quantitative estimate of drug-likeness (QED) is 0.895. The molecule has 3 N–H and O–H groups in total. The number of nitrogens with two attached hydrogens (primary N) is 1. The maximum atomic E-state index is 12.3. The van der Waals surface area contributed by atoms with Gasteiger partial charge in [-0.25, -0.2) is 18.4 Å². The van der Waals surface area contributed by atoms with E-state index in [0.717, 1.165) is 17.7 Å². The van der Waals surface area contributed by atoms with Gasteiger partial charge in [-0.1, -0.05) is 30.3 Å². The van der Waals surface area contributed by atoms with Crippen molar-refractivity contribution in [2.75, 3.05) is 11.4 Å². The maximum absolute atomic E-state index is 12.3. The summed E-state index contributed by atoms with van der Waals surface area (Å²) >= 11 is 0. The summed E-state index contributed by atoms with van der Waals surface area (Å²) in [4.78, 5) is 14.1. The highest BCUT2D eigenvalue weighted by atomic mass is 32.2.